The number of rotatable bonds is 4. The molecule has 0 saturated carbocycles. The molecule has 0 fully saturated rings. The van der Waals surface area contributed by atoms with Gasteiger partial charge in [-0.05, 0) is 11.8 Å². The third-order valence-electron chi connectivity index (χ3n) is 2.57. The Labute approximate surface area is 106 Å². The van der Waals surface area contributed by atoms with Crippen LogP contribution in [0.15, 0.2) is 18.7 Å². The van der Waals surface area contributed by atoms with Crippen LogP contribution < -0.4 is 5.32 Å². The molecule has 6 nitrogen and oxygen atoms in total. The molecular formula is C12H19N5O. The number of aliphatic hydroxyl groups excluding tert-OH is 1. The molecule has 0 aliphatic rings. The van der Waals surface area contributed by atoms with Crippen LogP contribution in [0, 0.1) is 5.41 Å². The van der Waals surface area contributed by atoms with Crippen molar-refractivity contribution in [1.29, 1.82) is 0 Å². The predicted octanol–water partition coefficient (Wildman–Crippen LogP) is 1.33. The zero-order valence-corrected chi connectivity index (χ0v) is 11.0. The molecule has 2 aromatic heterocycles. The van der Waals surface area contributed by atoms with Crippen LogP contribution in [0.25, 0.3) is 5.65 Å². The van der Waals surface area contributed by atoms with Crippen molar-refractivity contribution < 1.29 is 5.11 Å². The van der Waals surface area contributed by atoms with Gasteiger partial charge in [-0.1, -0.05) is 20.8 Å². The summed E-state index contributed by atoms with van der Waals surface area (Å²) in [6, 6.07) is 0. The molecule has 0 aliphatic carbocycles. The fourth-order valence-electron chi connectivity index (χ4n) is 1.88. The first-order chi connectivity index (χ1) is 8.46. The second-order valence-electron chi connectivity index (χ2n) is 5.64. The molecule has 0 spiro atoms. The number of nitrogens with zero attached hydrogens (tertiary/aromatic N) is 4. The summed E-state index contributed by atoms with van der Waals surface area (Å²) < 4.78 is 1.78. The molecular weight excluding hydrogens is 230 g/mol. The van der Waals surface area contributed by atoms with Crippen LogP contribution in [-0.4, -0.2) is 37.3 Å². The van der Waals surface area contributed by atoms with E-state index in [-0.39, 0.29) is 5.41 Å². The summed E-state index contributed by atoms with van der Waals surface area (Å²) in [6.07, 6.45) is 5.40. The van der Waals surface area contributed by atoms with Gasteiger partial charge in [-0.3, -0.25) is 4.40 Å². The molecule has 1 atom stereocenters. The van der Waals surface area contributed by atoms with E-state index in [9.17, 15) is 5.11 Å². The van der Waals surface area contributed by atoms with E-state index in [0.29, 0.717) is 18.0 Å². The number of aromatic nitrogens is 4. The van der Waals surface area contributed by atoms with Crippen molar-refractivity contribution in [2.45, 2.75) is 33.3 Å². The molecule has 6 heteroatoms. The van der Waals surface area contributed by atoms with E-state index >= 15 is 0 Å². The monoisotopic (exact) mass is 249 g/mol. The highest BCUT2D eigenvalue weighted by molar-refractivity contribution is 5.61. The highest BCUT2D eigenvalue weighted by Crippen LogP contribution is 2.21. The summed E-state index contributed by atoms with van der Waals surface area (Å²) in [5.74, 6) is 0.642. The first-order valence-electron chi connectivity index (χ1n) is 6.02. The van der Waals surface area contributed by atoms with Crippen LogP contribution >= 0.6 is 0 Å². The van der Waals surface area contributed by atoms with Gasteiger partial charge >= 0.3 is 0 Å². The van der Waals surface area contributed by atoms with Gasteiger partial charge < -0.3 is 10.4 Å². The van der Waals surface area contributed by atoms with Crippen molar-refractivity contribution in [2.24, 2.45) is 5.41 Å². The Morgan fingerprint density at radius 1 is 1.44 bits per heavy atom. The Kier molecular flexibility index (Phi) is 3.47. The minimum absolute atomic E-state index is 0.107. The van der Waals surface area contributed by atoms with E-state index in [2.05, 4.69) is 41.3 Å². The molecule has 0 aromatic carbocycles. The normalized spacial score (nSPS) is 13.8. The standard InChI is InChI=1S/C12H19N5O/c1-12(2,3)6-9(18)7-14-10-11-16-15-8-17(11)5-4-13-10/h4-5,8-9,18H,6-7H2,1-3H3,(H,13,14). The van der Waals surface area contributed by atoms with Gasteiger partial charge in [0.25, 0.3) is 0 Å². The molecule has 2 N–H and O–H groups in total. The molecule has 0 saturated heterocycles. The van der Waals surface area contributed by atoms with Crippen LogP contribution in [-0.2, 0) is 0 Å². The van der Waals surface area contributed by atoms with Crippen molar-refractivity contribution >= 4 is 11.5 Å². The highest BCUT2D eigenvalue weighted by Gasteiger charge is 2.17. The van der Waals surface area contributed by atoms with Gasteiger partial charge in [0.05, 0.1) is 6.10 Å². The Balaban J connectivity index is 2.00. The number of nitrogens with one attached hydrogen (secondary N) is 1. The van der Waals surface area contributed by atoms with Crippen LogP contribution in [0.5, 0.6) is 0 Å². The van der Waals surface area contributed by atoms with Crippen molar-refractivity contribution in [3.05, 3.63) is 18.7 Å². The summed E-state index contributed by atoms with van der Waals surface area (Å²) in [5, 5.41) is 20.8. The van der Waals surface area contributed by atoms with Crippen molar-refractivity contribution in [3.63, 3.8) is 0 Å². The lowest BCUT2D eigenvalue weighted by molar-refractivity contribution is 0.132. The number of hydrogen-bond acceptors (Lipinski definition) is 5. The zero-order valence-electron chi connectivity index (χ0n) is 11.0. The summed E-state index contributed by atoms with van der Waals surface area (Å²) >= 11 is 0. The Hall–Kier alpha value is -1.69. The average molecular weight is 249 g/mol. The average Bonchev–Trinajstić information content (AvgIpc) is 2.72. The van der Waals surface area contributed by atoms with Gasteiger partial charge in [-0.2, -0.15) is 0 Å². The Morgan fingerprint density at radius 3 is 2.94 bits per heavy atom. The minimum atomic E-state index is -0.407. The van der Waals surface area contributed by atoms with Crippen molar-refractivity contribution in [2.75, 3.05) is 11.9 Å². The molecule has 0 radical (unpaired) electrons. The second kappa shape index (κ2) is 4.89. The molecule has 2 heterocycles. The maximum absolute atomic E-state index is 9.94. The smallest absolute Gasteiger partial charge is 0.203 e. The minimum Gasteiger partial charge on any atom is -0.391 e. The van der Waals surface area contributed by atoms with Crippen LogP contribution in [0.4, 0.5) is 5.82 Å². The van der Waals surface area contributed by atoms with Gasteiger partial charge in [0.2, 0.25) is 5.65 Å². The topological polar surface area (TPSA) is 75.3 Å². The predicted molar refractivity (Wildman–Crippen MR) is 69.4 cm³/mol. The maximum Gasteiger partial charge on any atom is 0.203 e. The number of anilines is 1. The van der Waals surface area contributed by atoms with Gasteiger partial charge in [0.1, 0.15) is 6.33 Å². The summed E-state index contributed by atoms with van der Waals surface area (Å²) in [6.45, 7) is 6.77. The molecule has 98 valence electrons. The molecule has 18 heavy (non-hydrogen) atoms. The lowest BCUT2D eigenvalue weighted by atomic mass is 9.89. The molecule has 1 unspecified atom stereocenters. The van der Waals surface area contributed by atoms with E-state index < -0.39 is 6.10 Å². The van der Waals surface area contributed by atoms with Crippen LogP contribution in [0.3, 0.4) is 0 Å². The van der Waals surface area contributed by atoms with E-state index in [0.717, 1.165) is 6.42 Å². The molecule has 2 rings (SSSR count). The first kappa shape index (κ1) is 12.8. The summed E-state index contributed by atoms with van der Waals surface area (Å²) in [5.41, 5.74) is 0.774. The molecule has 0 bridgehead atoms. The number of hydrogen-bond donors (Lipinski definition) is 2. The van der Waals surface area contributed by atoms with Crippen molar-refractivity contribution in [3.8, 4) is 0 Å². The Bertz CT molecular complexity index is 516. The Morgan fingerprint density at radius 2 is 2.22 bits per heavy atom. The fraction of sp³-hybridized carbons (Fsp3) is 0.583. The lowest BCUT2D eigenvalue weighted by Crippen LogP contribution is -2.25. The van der Waals surface area contributed by atoms with E-state index in [1.807, 2.05) is 0 Å². The molecule has 0 aliphatic heterocycles. The first-order valence-corrected chi connectivity index (χ1v) is 6.02. The highest BCUT2D eigenvalue weighted by atomic mass is 16.3. The number of fused-ring (bicyclic) bond motifs is 1. The SMILES string of the molecule is CC(C)(C)CC(O)CNc1nccn2cnnc12. The van der Waals surface area contributed by atoms with Gasteiger partial charge in [0.15, 0.2) is 5.82 Å². The molecule has 0 amide bonds. The van der Waals surface area contributed by atoms with E-state index in [4.69, 9.17) is 0 Å². The van der Waals surface area contributed by atoms with Crippen LogP contribution in [0.1, 0.15) is 27.2 Å². The largest absolute Gasteiger partial charge is 0.391 e. The summed E-state index contributed by atoms with van der Waals surface area (Å²) in [7, 11) is 0. The third kappa shape index (κ3) is 3.16. The zero-order chi connectivity index (χ0) is 13.2. The van der Waals surface area contributed by atoms with E-state index in [1.54, 1.807) is 23.1 Å². The van der Waals surface area contributed by atoms with Gasteiger partial charge in [-0.15, -0.1) is 10.2 Å². The van der Waals surface area contributed by atoms with E-state index in [1.165, 1.54) is 0 Å². The lowest BCUT2D eigenvalue weighted by Gasteiger charge is -2.22. The third-order valence-corrected chi connectivity index (χ3v) is 2.57. The quantitative estimate of drug-likeness (QED) is 0.855. The van der Waals surface area contributed by atoms with Gasteiger partial charge in [0, 0.05) is 18.9 Å². The maximum atomic E-state index is 9.94. The van der Waals surface area contributed by atoms with Gasteiger partial charge in [-0.25, -0.2) is 4.98 Å². The number of aliphatic hydroxyl groups is 1. The van der Waals surface area contributed by atoms with Crippen molar-refractivity contribution in [1.82, 2.24) is 19.6 Å². The second-order valence-corrected chi connectivity index (χ2v) is 5.64. The van der Waals surface area contributed by atoms with Crippen LogP contribution in [0.2, 0.25) is 0 Å². The fourth-order valence-corrected chi connectivity index (χ4v) is 1.88. The summed E-state index contributed by atoms with van der Waals surface area (Å²) in [4.78, 5) is 4.20. The molecule has 2 aromatic rings.